The van der Waals surface area contributed by atoms with Gasteiger partial charge in [0.25, 0.3) is 0 Å². The number of benzene rings is 1. The quantitative estimate of drug-likeness (QED) is 0.596. The van der Waals surface area contributed by atoms with Crippen molar-refractivity contribution in [3.63, 3.8) is 0 Å². The van der Waals surface area contributed by atoms with E-state index in [4.69, 9.17) is 0 Å². The van der Waals surface area contributed by atoms with Crippen LogP contribution in [0.3, 0.4) is 0 Å². The van der Waals surface area contributed by atoms with E-state index in [0.29, 0.717) is 26.1 Å². The van der Waals surface area contributed by atoms with Crippen molar-refractivity contribution in [3.8, 4) is 0 Å². The molecule has 1 aromatic rings. The normalized spacial score (nSPS) is 11.8. The molecule has 0 spiro atoms. The molecule has 1 unspecified atom stereocenters. The zero-order chi connectivity index (χ0) is 14.8. The predicted octanol–water partition coefficient (Wildman–Crippen LogP) is 1.36. The number of carbonyl (C=O) groups is 2. The lowest BCUT2D eigenvalue weighted by atomic mass is 9.99. The molecule has 0 bridgehead atoms. The second kappa shape index (κ2) is 9.09. The van der Waals surface area contributed by atoms with E-state index in [9.17, 15) is 14.7 Å². The second-order valence-electron chi connectivity index (χ2n) is 4.61. The fourth-order valence-corrected chi connectivity index (χ4v) is 1.83. The van der Waals surface area contributed by atoms with Crippen LogP contribution in [-0.4, -0.2) is 36.6 Å². The Morgan fingerprint density at radius 3 is 2.50 bits per heavy atom. The van der Waals surface area contributed by atoms with Gasteiger partial charge in [-0.05, 0) is 12.0 Å². The van der Waals surface area contributed by atoms with Gasteiger partial charge in [-0.15, -0.1) is 0 Å². The summed E-state index contributed by atoms with van der Waals surface area (Å²) in [5, 5.41) is 15.0. The van der Waals surface area contributed by atoms with E-state index in [1.165, 1.54) is 0 Å². The van der Waals surface area contributed by atoms with Crippen molar-refractivity contribution in [3.05, 3.63) is 35.9 Å². The van der Waals surface area contributed by atoms with Gasteiger partial charge < -0.3 is 15.7 Å². The van der Waals surface area contributed by atoms with Crippen LogP contribution >= 0.6 is 0 Å². The highest BCUT2D eigenvalue weighted by Crippen LogP contribution is 2.14. The molecule has 1 atom stereocenters. The van der Waals surface area contributed by atoms with Gasteiger partial charge in [0.15, 0.2) is 0 Å². The lowest BCUT2D eigenvalue weighted by Crippen LogP contribution is -2.31. The van der Waals surface area contributed by atoms with Crippen LogP contribution < -0.4 is 10.6 Å². The van der Waals surface area contributed by atoms with Gasteiger partial charge >= 0.3 is 5.97 Å². The monoisotopic (exact) mass is 278 g/mol. The lowest BCUT2D eigenvalue weighted by Gasteiger charge is -2.13. The van der Waals surface area contributed by atoms with E-state index >= 15 is 0 Å². The minimum absolute atomic E-state index is 0.00839. The van der Waals surface area contributed by atoms with Crippen LogP contribution in [0, 0.1) is 0 Å². The van der Waals surface area contributed by atoms with Crippen molar-refractivity contribution in [2.45, 2.75) is 25.7 Å². The molecule has 0 aliphatic heterocycles. The van der Waals surface area contributed by atoms with E-state index in [1.807, 2.05) is 25.1 Å². The van der Waals surface area contributed by atoms with Crippen LogP contribution in [0.4, 0.5) is 0 Å². The van der Waals surface area contributed by atoms with E-state index in [-0.39, 0.29) is 5.91 Å². The van der Waals surface area contributed by atoms with Crippen molar-refractivity contribution in [1.29, 1.82) is 0 Å². The third kappa shape index (κ3) is 5.84. The average Bonchev–Trinajstić information content (AvgIpc) is 2.45. The summed E-state index contributed by atoms with van der Waals surface area (Å²) in [5.74, 6) is -1.46. The highest BCUT2D eigenvalue weighted by atomic mass is 16.4. The summed E-state index contributed by atoms with van der Waals surface area (Å²) >= 11 is 0. The Kier molecular flexibility index (Phi) is 7.35. The van der Waals surface area contributed by atoms with Crippen LogP contribution in [-0.2, 0) is 9.59 Å². The maximum absolute atomic E-state index is 11.4. The standard InChI is InChI=1S/C15H22N2O3/c1-2-9-17-14(18)8-10-16-11-13(15(19)20)12-6-4-3-5-7-12/h3-7,13,16H,2,8-11H2,1H3,(H,17,18)(H,19,20). The predicted molar refractivity (Wildman–Crippen MR) is 77.6 cm³/mol. The fraction of sp³-hybridized carbons (Fsp3) is 0.467. The van der Waals surface area contributed by atoms with Gasteiger partial charge in [0.2, 0.25) is 5.91 Å². The number of amides is 1. The summed E-state index contributed by atoms with van der Waals surface area (Å²) in [7, 11) is 0. The molecule has 5 nitrogen and oxygen atoms in total. The van der Waals surface area contributed by atoms with E-state index in [1.54, 1.807) is 12.1 Å². The number of carbonyl (C=O) groups excluding carboxylic acids is 1. The maximum atomic E-state index is 11.4. The van der Waals surface area contributed by atoms with Gasteiger partial charge in [-0.25, -0.2) is 0 Å². The number of aliphatic carboxylic acids is 1. The number of carboxylic acids is 1. The van der Waals surface area contributed by atoms with Crippen LogP contribution in [0.15, 0.2) is 30.3 Å². The molecule has 0 radical (unpaired) electrons. The third-order valence-corrected chi connectivity index (χ3v) is 2.95. The Morgan fingerprint density at radius 1 is 1.20 bits per heavy atom. The Balaban J connectivity index is 2.34. The maximum Gasteiger partial charge on any atom is 0.312 e. The van der Waals surface area contributed by atoms with Crippen LogP contribution in [0.5, 0.6) is 0 Å². The van der Waals surface area contributed by atoms with E-state index < -0.39 is 11.9 Å². The lowest BCUT2D eigenvalue weighted by molar-refractivity contribution is -0.138. The second-order valence-corrected chi connectivity index (χ2v) is 4.61. The first kappa shape index (κ1) is 16.2. The molecule has 0 aliphatic rings. The minimum Gasteiger partial charge on any atom is -0.481 e. The number of nitrogens with one attached hydrogen (secondary N) is 2. The van der Waals surface area contributed by atoms with Crippen molar-refractivity contribution in [1.82, 2.24) is 10.6 Å². The third-order valence-electron chi connectivity index (χ3n) is 2.95. The van der Waals surface area contributed by atoms with Crippen molar-refractivity contribution < 1.29 is 14.7 Å². The largest absolute Gasteiger partial charge is 0.481 e. The molecule has 1 aromatic carbocycles. The summed E-state index contributed by atoms with van der Waals surface area (Å²) in [6.07, 6.45) is 1.27. The van der Waals surface area contributed by atoms with Crippen LogP contribution in [0.1, 0.15) is 31.2 Å². The molecular weight excluding hydrogens is 256 g/mol. The molecule has 5 heteroatoms. The molecule has 1 amide bonds. The molecule has 0 saturated heterocycles. The van der Waals surface area contributed by atoms with Gasteiger partial charge in [0.05, 0.1) is 5.92 Å². The molecule has 0 heterocycles. The van der Waals surface area contributed by atoms with Crippen molar-refractivity contribution in [2.24, 2.45) is 0 Å². The SMILES string of the molecule is CCCNC(=O)CCNCC(C(=O)O)c1ccccc1. The first-order chi connectivity index (χ1) is 9.65. The average molecular weight is 278 g/mol. The zero-order valence-corrected chi connectivity index (χ0v) is 11.8. The number of carboxylic acid groups (broad SMARTS) is 1. The van der Waals surface area contributed by atoms with Crippen LogP contribution in [0.2, 0.25) is 0 Å². The first-order valence-electron chi connectivity index (χ1n) is 6.90. The molecule has 20 heavy (non-hydrogen) atoms. The molecule has 0 saturated carbocycles. The van der Waals surface area contributed by atoms with Crippen molar-refractivity contribution in [2.75, 3.05) is 19.6 Å². The van der Waals surface area contributed by atoms with Gasteiger partial charge in [0, 0.05) is 26.1 Å². The molecule has 0 aliphatic carbocycles. The first-order valence-corrected chi connectivity index (χ1v) is 6.90. The number of hydrogen-bond acceptors (Lipinski definition) is 3. The van der Waals surface area contributed by atoms with Gasteiger partial charge in [0.1, 0.15) is 0 Å². The molecule has 0 aromatic heterocycles. The van der Waals surface area contributed by atoms with Gasteiger partial charge in [-0.1, -0.05) is 37.3 Å². The number of hydrogen-bond donors (Lipinski definition) is 3. The fourth-order valence-electron chi connectivity index (χ4n) is 1.83. The smallest absolute Gasteiger partial charge is 0.312 e. The summed E-state index contributed by atoms with van der Waals surface area (Å²) in [5.41, 5.74) is 0.767. The van der Waals surface area contributed by atoms with Gasteiger partial charge in [-0.2, -0.15) is 0 Å². The number of rotatable bonds is 9. The van der Waals surface area contributed by atoms with Crippen molar-refractivity contribution >= 4 is 11.9 Å². The zero-order valence-electron chi connectivity index (χ0n) is 11.8. The highest BCUT2D eigenvalue weighted by molar-refractivity contribution is 5.77. The molecule has 110 valence electrons. The molecule has 0 fully saturated rings. The van der Waals surface area contributed by atoms with Gasteiger partial charge in [-0.3, -0.25) is 9.59 Å². The molecular formula is C15H22N2O3. The van der Waals surface area contributed by atoms with E-state index in [2.05, 4.69) is 10.6 Å². The summed E-state index contributed by atoms with van der Waals surface area (Å²) in [4.78, 5) is 22.6. The summed E-state index contributed by atoms with van der Waals surface area (Å²) in [6.45, 7) is 3.48. The summed E-state index contributed by atoms with van der Waals surface area (Å²) < 4.78 is 0. The molecule has 1 rings (SSSR count). The minimum atomic E-state index is -0.862. The van der Waals surface area contributed by atoms with Crippen LogP contribution in [0.25, 0.3) is 0 Å². The Labute approximate surface area is 119 Å². The highest BCUT2D eigenvalue weighted by Gasteiger charge is 2.18. The molecule has 3 N–H and O–H groups in total. The Hall–Kier alpha value is -1.88. The Morgan fingerprint density at radius 2 is 1.90 bits per heavy atom. The topological polar surface area (TPSA) is 78.4 Å². The van der Waals surface area contributed by atoms with E-state index in [0.717, 1.165) is 12.0 Å². The summed E-state index contributed by atoms with van der Waals surface area (Å²) in [6, 6.07) is 9.10. The Bertz CT molecular complexity index is 420.